The third-order valence-corrected chi connectivity index (χ3v) is 3.12. The molecule has 0 unspecified atom stereocenters. The zero-order valence-corrected chi connectivity index (χ0v) is 13.9. The average molecular weight is 361 g/mol. The van der Waals surface area contributed by atoms with E-state index in [9.17, 15) is 18.0 Å². The van der Waals surface area contributed by atoms with E-state index in [2.05, 4.69) is 4.98 Å². The molecule has 2 rings (SSSR count). The van der Waals surface area contributed by atoms with Crippen LogP contribution in [-0.2, 0) is 6.18 Å². The molecule has 1 heterocycles. The van der Waals surface area contributed by atoms with E-state index in [4.69, 9.17) is 10.00 Å². The fourth-order valence-corrected chi connectivity index (χ4v) is 1.98. The lowest BCUT2D eigenvalue weighted by atomic mass is 10.1. The summed E-state index contributed by atoms with van der Waals surface area (Å²) in [5, 5.41) is 9.04. The van der Waals surface area contributed by atoms with Gasteiger partial charge in [0.15, 0.2) is 0 Å². The standard InChI is InChI=1S/C18H14F3N3O2/c1-24(2)11-12(9-22)17(25)16-7-6-15(10-23-16)26-14-5-3-4-13(8-14)18(19,20)21/h3-8,10-11H,1-2H3/b12-11+. The Bertz CT molecular complexity index is 866. The van der Waals surface area contributed by atoms with Crippen LogP contribution in [0.4, 0.5) is 13.2 Å². The van der Waals surface area contributed by atoms with Gasteiger partial charge in [-0.15, -0.1) is 0 Å². The molecule has 0 spiro atoms. The van der Waals surface area contributed by atoms with E-state index >= 15 is 0 Å². The van der Waals surface area contributed by atoms with Crippen molar-refractivity contribution in [2.45, 2.75) is 6.18 Å². The topological polar surface area (TPSA) is 66.2 Å². The normalized spacial score (nSPS) is 11.6. The number of nitriles is 1. The lowest BCUT2D eigenvalue weighted by Gasteiger charge is -2.10. The van der Waals surface area contributed by atoms with Crippen LogP contribution in [0.15, 0.2) is 54.4 Å². The number of halogens is 3. The van der Waals surface area contributed by atoms with Crippen LogP contribution in [0.3, 0.4) is 0 Å². The summed E-state index contributed by atoms with van der Waals surface area (Å²) in [4.78, 5) is 17.7. The first kappa shape index (κ1) is 19.0. The van der Waals surface area contributed by atoms with Crippen LogP contribution in [-0.4, -0.2) is 29.8 Å². The van der Waals surface area contributed by atoms with Gasteiger partial charge in [-0.05, 0) is 30.3 Å². The summed E-state index contributed by atoms with van der Waals surface area (Å²) < 4.78 is 43.5. The minimum atomic E-state index is -4.47. The van der Waals surface area contributed by atoms with E-state index < -0.39 is 17.5 Å². The number of alkyl halides is 3. The van der Waals surface area contributed by atoms with Gasteiger partial charge in [-0.25, -0.2) is 4.98 Å². The first-order valence-corrected chi connectivity index (χ1v) is 7.35. The Morgan fingerprint density at radius 1 is 1.23 bits per heavy atom. The molecule has 5 nitrogen and oxygen atoms in total. The van der Waals surface area contributed by atoms with Crippen molar-refractivity contribution in [3.05, 3.63) is 65.6 Å². The molecule has 1 aromatic heterocycles. The number of carbonyl (C=O) groups is 1. The van der Waals surface area contributed by atoms with Crippen molar-refractivity contribution in [1.82, 2.24) is 9.88 Å². The smallest absolute Gasteiger partial charge is 0.416 e. The molecular formula is C18H14F3N3O2. The van der Waals surface area contributed by atoms with Crippen LogP contribution >= 0.6 is 0 Å². The van der Waals surface area contributed by atoms with Crippen molar-refractivity contribution in [2.75, 3.05) is 14.1 Å². The lowest BCUT2D eigenvalue weighted by molar-refractivity contribution is -0.137. The minimum Gasteiger partial charge on any atom is -0.456 e. The lowest BCUT2D eigenvalue weighted by Crippen LogP contribution is -2.10. The summed E-state index contributed by atoms with van der Waals surface area (Å²) in [6, 6.07) is 8.95. The van der Waals surface area contributed by atoms with E-state index in [-0.39, 0.29) is 22.8 Å². The maximum Gasteiger partial charge on any atom is 0.416 e. The summed E-state index contributed by atoms with van der Waals surface area (Å²) in [5.41, 5.74) is -0.896. The van der Waals surface area contributed by atoms with E-state index in [1.165, 1.54) is 36.7 Å². The largest absolute Gasteiger partial charge is 0.456 e. The van der Waals surface area contributed by atoms with Crippen molar-refractivity contribution in [1.29, 1.82) is 5.26 Å². The van der Waals surface area contributed by atoms with Gasteiger partial charge in [-0.1, -0.05) is 6.07 Å². The van der Waals surface area contributed by atoms with Crippen molar-refractivity contribution in [2.24, 2.45) is 0 Å². The number of hydrogen-bond donors (Lipinski definition) is 0. The second-order valence-corrected chi connectivity index (χ2v) is 5.45. The van der Waals surface area contributed by atoms with Gasteiger partial charge in [0.05, 0.1) is 11.8 Å². The minimum absolute atomic E-state index is 0.00841. The number of Topliss-reactive ketones (excluding diaryl/α,β-unsaturated/α-hetero) is 1. The molecule has 26 heavy (non-hydrogen) atoms. The first-order valence-electron chi connectivity index (χ1n) is 7.35. The van der Waals surface area contributed by atoms with Crippen LogP contribution in [0.1, 0.15) is 16.1 Å². The number of rotatable bonds is 5. The highest BCUT2D eigenvalue weighted by Crippen LogP contribution is 2.32. The molecule has 1 aromatic carbocycles. The number of allylic oxidation sites excluding steroid dienone is 1. The Balaban J connectivity index is 2.18. The SMILES string of the molecule is CN(C)/C=C(\C#N)C(=O)c1ccc(Oc2cccc(C(F)(F)F)c2)cn1. The molecule has 0 radical (unpaired) electrons. The fourth-order valence-electron chi connectivity index (χ4n) is 1.98. The van der Waals surface area contributed by atoms with E-state index in [0.717, 1.165) is 12.1 Å². The van der Waals surface area contributed by atoms with Gasteiger partial charge < -0.3 is 9.64 Å². The second kappa shape index (κ2) is 7.70. The molecule has 0 aliphatic carbocycles. The average Bonchev–Trinajstić information content (AvgIpc) is 2.59. The monoisotopic (exact) mass is 361 g/mol. The maximum absolute atomic E-state index is 12.7. The Kier molecular flexibility index (Phi) is 5.62. The van der Waals surface area contributed by atoms with Gasteiger partial charge in [0, 0.05) is 20.3 Å². The van der Waals surface area contributed by atoms with Crippen LogP contribution in [0, 0.1) is 11.3 Å². The summed E-state index contributed by atoms with van der Waals surface area (Å²) in [7, 11) is 3.34. The predicted octanol–water partition coefficient (Wildman–Crippen LogP) is 4.04. The van der Waals surface area contributed by atoms with Crippen molar-refractivity contribution in [3.8, 4) is 17.6 Å². The van der Waals surface area contributed by atoms with E-state index in [1.807, 2.05) is 0 Å². The van der Waals surface area contributed by atoms with Gasteiger partial charge in [0.2, 0.25) is 5.78 Å². The molecule has 0 aliphatic heterocycles. The van der Waals surface area contributed by atoms with Gasteiger partial charge in [0.1, 0.15) is 28.8 Å². The van der Waals surface area contributed by atoms with Crippen molar-refractivity contribution < 1.29 is 22.7 Å². The second-order valence-electron chi connectivity index (χ2n) is 5.45. The number of ketones is 1. The Labute approximate surface area is 147 Å². The molecule has 2 aromatic rings. The number of carbonyl (C=O) groups excluding carboxylic acids is 1. The van der Waals surface area contributed by atoms with Gasteiger partial charge in [-0.3, -0.25) is 4.79 Å². The molecule has 0 N–H and O–H groups in total. The molecule has 8 heteroatoms. The number of hydrogen-bond acceptors (Lipinski definition) is 5. The highest BCUT2D eigenvalue weighted by molar-refractivity contribution is 6.10. The molecule has 0 saturated carbocycles. The van der Waals surface area contributed by atoms with E-state index in [0.29, 0.717) is 0 Å². The van der Waals surface area contributed by atoms with Crippen molar-refractivity contribution in [3.63, 3.8) is 0 Å². The quantitative estimate of drug-likeness (QED) is 0.457. The third kappa shape index (κ3) is 4.83. The third-order valence-electron chi connectivity index (χ3n) is 3.12. The number of pyridine rings is 1. The summed E-state index contributed by atoms with van der Waals surface area (Å²) >= 11 is 0. The number of ether oxygens (including phenoxy) is 1. The number of nitrogens with zero attached hydrogens (tertiary/aromatic N) is 3. The van der Waals surface area contributed by atoms with Gasteiger partial charge in [-0.2, -0.15) is 18.4 Å². The van der Waals surface area contributed by atoms with Crippen LogP contribution in [0.25, 0.3) is 0 Å². The highest BCUT2D eigenvalue weighted by atomic mass is 19.4. The maximum atomic E-state index is 12.7. The van der Waals surface area contributed by atoms with E-state index in [1.54, 1.807) is 25.1 Å². The van der Waals surface area contributed by atoms with Crippen LogP contribution in [0.5, 0.6) is 11.5 Å². The zero-order valence-electron chi connectivity index (χ0n) is 13.9. The molecule has 0 fully saturated rings. The Hall–Kier alpha value is -3.34. The Morgan fingerprint density at radius 2 is 1.96 bits per heavy atom. The fraction of sp³-hybridized carbons (Fsp3) is 0.167. The first-order chi connectivity index (χ1) is 12.2. The molecular weight excluding hydrogens is 347 g/mol. The van der Waals surface area contributed by atoms with Crippen LogP contribution < -0.4 is 4.74 Å². The summed E-state index contributed by atoms with van der Waals surface area (Å²) in [6.07, 6.45) is -1.89. The highest BCUT2D eigenvalue weighted by Gasteiger charge is 2.30. The molecule has 134 valence electrons. The number of aromatic nitrogens is 1. The molecule has 0 saturated heterocycles. The molecule has 0 atom stereocenters. The van der Waals surface area contributed by atoms with Crippen molar-refractivity contribution >= 4 is 5.78 Å². The molecule has 0 amide bonds. The Morgan fingerprint density at radius 3 is 2.50 bits per heavy atom. The zero-order chi connectivity index (χ0) is 19.3. The molecule has 0 aliphatic rings. The van der Waals surface area contributed by atoms with Gasteiger partial charge >= 0.3 is 6.18 Å². The molecule has 0 bridgehead atoms. The van der Waals surface area contributed by atoms with Crippen LogP contribution in [0.2, 0.25) is 0 Å². The summed E-state index contributed by atoms with van der Waals surface area (Å²) in [6.45, 7) is 0. The predicted molar refractivity (Wildman–Crippen MR) is 87.5 cm³/mol. The summed E-state index contributed by atoms with van der Waals surface area (Å²) in [5.74, 6) is -0.409. The number of benzene rings is 1. The van der Waals surface area contributed by atoms with Gasteiger partial charge in [0.25, 0.3) is 0 Å².